The topological polar surface area (TPSA) is 75.7 Å². The van der Waals surface area contributed by atoms with Gasteiger partial charge in [0.05, 0.1) is 17.8 Å². The molecule has 0 radical (unpaired) electrons. The molecular weight excluding hydrogens is 587 g/mol. The first kappa shape index (κ1) is 26.8. The van der Waals surface area contributed by atoms with Crippen molar-refractivity contribution in [2.24, 2.45) is 0 Å². The van der Waals surface area contributed by atoms with Gasteiger partial charge in [0.15, 0.2) is 0 Å². The second-order valence-electron chi connectivity index (χ2n) is 8.54. The van der Waals surface area contributed by atoms with E-state index in [4.69, 9.17) is 27.9 Å². The largest absolute Gasteiger partial charge is 0.495 e. The number of nitrogens with zero attached hydrogens (tertiary/aromatic N) is 1. The standard InChI is InChI=1S/C26H25BrCl2N2O4S/c1-35-24-12-9-18(15-25(24)36(33,34)30-23-16-19(28)10-11-22(23)29)26(32)31-13-5-4-7-20(31)14-17-6-2-3-8-21(17)27/h2-3,6,8-12,15-16,20,30H,4-5,7,13-14H2,1H3. The van der Waals surface area contributed by atoms with Crippen LogP contribution < -0.4 is 9.46 Å². The quantitative estimate of drug-likeness (QED) is 0.319. The van der Waals surface area contributed by atoms with Crippen molar-refractivity contribution in [2.45, 2.75) is 36.6 Å². The van der Waals surface area contributed by atoms with Gasteiger partial charge in [-0.3, -0.25) is 9.52 Å². The molecule has 1 amide bonds. The van der Waals surface area contributed by atoms with Gasteiger partial charge in [-0.25, -0.2) is 8.42 Å². The molecule has 10 heteroatoms. The van der Waals surface area contributed by atoms with Gasteiger partial charge in [-0.15, -0.1) is 0 Å². The highest BCUT2D eigenvalue weighted by atomic mass is 79.9. The first-order valence-corrected chi connectivity index (χ1v) is 14.4. The van der Waals surface area contributed by atoms with Gasteiger partial charge in [-0.05, 0) is 73.7 Å². The van der Waals surface area contributed by atoms with Crippen LogP contribution in [0, 0.1) is 0 Å². The number of sulfonamides is 1. The molecule has 6 nitrogen and oxygen atoms in total. The summed E-state index contributed by atoms with van der Waals surface area (Å²) in [6.45, 7) is 0.610. The summed E-state index contributed by atoms with van der Waals surface area (Å²) in [5.41, 5.74) is 1.53. The Morgan fingerprint density at radius 3 is 2.64 bits per heavy atom. The first-order valence-electron chi connectivity index (χ1n) is 11.4. The molecule has 36 heavy (non-hydrogen) atoms. The molecule has 0 aromatic heterocycles. The minimum Gasteiger partial charge on any atom is -0.495 e. The molecule has 0 spiro atoms. The Morgan fingerprint density at radius 1 is 1.11 bits per heavy atom. The fourth-order valence-corrected chi connectivity index (χ4v) is 6.47. The third kappa shape index (κ3) is 5.99. The normalized spacial score (nSPS) is 16.0. The van der Waals surface area contributed by atoms with Gasteiger partial charge >= 0.3 is 0 Å². The summed E-state index contributed by atoms with van der Waals surface area (Å²) in [4.78, 5) is 15.3. The van der Waals surface area contributed by atoms with E-state index in [0.29, 0.717) is 18.0 Å². The van der Waals surface area contributed by atoms with Gasteiger partial charge in [0.2, 0.25) is 0 Å². The Bertz CT molecular complexity index is 1380. The lowest BCUT2D eigenvalue weighted by Crippen LogP contribution is -2.45. The van der Waals surface area contributed by atoms with Crippen LogP contribution in [0.3, 0.4) is 0 Å². The number of rotatable bonds is 7. The third-order valence-corrected chi connectivity index (χ3v) is 8.90. The SMILES string of the molecule is COc1ccc(C(=O)N2CCCCC2Cc2ccccc2Br)cc1S(=O)(=O)Nc1cc(Cl)ccc1Cl. The lowest BCUT2D eigenvalue weighted by Gasteiger charge is -2.36. The number of ether oxygens (including phenoxy) is 1. The Labute approximate surface area is 229 Å². The summed E-state index contributed by atoms with van der Waals surface area (Å²) in [7, 11) is -2.77. The molecular formula is C26H25BrCl2N2O4S. The average molecular weight is 612 g/mol. The summed E-state index contributed by atoms with van der Waals surface area (Å²) in [5.74, 6) is -0.104. The van der Waals surface area contributed by atoms with E-state index in [2.05, 4.69) is 20.7 Å². The van der Waals surface area contributed by atoms with Crippen LogP contribution in [-0.2, 0) is 16.4 Å². The molecule has 0 saturated carbocycles. The highest BCUT2D eigenvalue weighted by Gasteiger charge is 2.30. The molecule has 1 saturated heterocycles. The van der Waals surface area contributed by atoms with Crippen LogP contribution in [0.15, 0.2) is 70.0 Å². The van der Waals surface area contributed by atoms with E-state index in [0.717, 1.165) is 29.3 Å². The molecule has 190 valence electrons. The van der Waals surface area contributed by atoms with Crippen LogP contribution in [-0.4, -0.2) is 38.9 Å². The highest BCUT2D eigenvalue weighted by molar-refractivity contribution is 9.10. The fourth-order valence-electron chi connectivity index (χ4n) is 4.36. The van der Waals surface area contributed by atoms with Gasteiger partial charge in [0.1, 0.15) is 10.6 Å². The maximum absolute atomic E-state index is 13.6. The zero-order valence-corrected chi connectivity index (χ0v) is 23.4. The summed E-state index contributed by atoms with van der Waals surface area (Å²) < 4.78 is 35.4. The fraction of sp³-hybridized carbons (Fsp3) is 0.269. The van der Waals surface area contributed by atoms with Gasteiger partial charge in [0.25, 0.3) is 15.9 Å². The second-order valence-corrected chi connectivity index (χ2v) is 11.9. The maximum Gasteiger partial charge on any atom is 0.265 e. The molecule has 1 N–H and O–H groups in total. The van der Waals surface area contributed by atoms with Gasteiger partial charge < -0.3 is 9.64 Å². The van der Waals surface area contributed by atoms with E-state index >= 15 is 0 Å². The molecule has 1 heterocycles. The Kier molecular flexibility index (Phi) is 8.50. The number of carbonyl (C=O) groups excluding carboxylic acids is 1. The number of benzene rings is 3. The van der Waals surface area contributed by atoms with Crippen molar-refractivity contribution in [1.82, 2.24) is 4.90 Å². The van der Waals surface area contributed by atoms with Crippen molar-refractivity contribution in [1.29, 1.82) is 0 Å². The monoisotopic (exact) mass is 610 g/mol. The minimum atomic E-state index is -4.14. The van der Waals surface area contributed by atoms with Gasteiger partial charge in [0, 0.05) is 27.6 Å². The summed E-state index contributed by atoms with van der Waals surface area (Å²) in [6, 6.07) is 16.9. The van der Waals surface area contributed by atoms with Crippen molar-refractivity contribution >= 4 is 60.7 Å². The molecule has 1 fully saturated rings. The number of piperidine rings is 1. The van der Waals surface area contributed by atoms with E-state index in [-0.39, 0.29) is 38.9 Å². The van der Waals surface area contributed by atoms with Crippen molar-refractivity contribution < 1.29 is 17.9 Å². The Hall–Kier alpha value is -2.26. The van der Waals surface area contributed by atoms with Crippen molar-refractivity contribution in [3.05, 3.63) is 86.3 Å². The molecule has 1 aliphatic rings. The molecule has 4 rings (SSSR count). The van der Waals surface area contributed by atoms with Crippen molar-refractivity contribution in [3.8, 4) is 5.75 Å². The second kappa shape index (κ2) is 11.4. The number of nitrogens with one attached hydrogen (secondary N) is 1. The Balaban J connectivity index is 1.65. The number of methoxy groups -OCH3 is 1. The lowest BCUT2D eigenvalue weighted by atomic mass is 9.95. The number of hydrogen-bond donors (Lipinski definition) is 1. The van der Waals surface area contributed by atoms with Crippen LogP contribution in [0.2, 0.25) is 10.0 Å². The maximum atomic E-state index is 13.6. The zero-order chi connectivity index (χ0) is 25.9. The highest BCUT2D eigenvalue weighted by Crippen LogP contribution is 2.32. The Morgan fingerprint density at radius 2 is 1.89 bits per heavy atom. The third-order valence-electron chi connectivity index (χ3n) is 6.17. The smallest absolute Gasteiger partial charge is 0.265 e. The number of likely N-dealkylation sites (tertiary alicyclic amines) is 1. The number of amides is 1. The van der Waals surface area contributed by atoms with Crippen LogP contribution >= 0.6 is 39.1 Å². The molecule has 0 bridgehead atoms. The number of anilines is 1. The van der Waals surface area contributed by atoms with E-state index in [1.807, 2.05) is 29.2 Å². The molecule has 1 atom stereocenters. The van der Waals surface area contributed by atoms with Crippen LogP contribution in [0.25, 0.3) is 0 Å². The number of hydrogen-bond acceptors (Lipinski definition) is 4. The molecule has 1 unspecified atom stereocenters. The minimum absolute atomic E-state index is 0.00972. The average Bonchev–Trinajstić information content (AvgIpc) is 2.87. The predicted octanol–water partition coefficient (Wildman–Crippen LogP) is 6.80. The molecule has 3 aromatic carbocycles. The lowest BCUT2D eigenvalue weighted by molar-refractivity contribution is 0.0613. The van der Waals surface area contributed by atoms with Crippen LogP contribution in [0.4, 0.5) is 5.69 Å². The van der Waals surface area contributed by atoms with Crippen LogP contribution in [0.1, 0.15) is 35.2 Å². The van der Waals surface area contributed by atoms with E-state index in [9.17, 15) is 13.2 Å². The summed E-state index contributed by atoms with van der Waals surface area (Å²) in [5, 5.41) is 0.520. The van der Waals surface area contributed by atoms with E-state index in [1.54, 1.807) is 12.1 Å². The predicted molar refractivity (Wildman–Crippen MR) is 147 cm³/mol. The van der Waals surface area contributed by atoms with E-state index in [1.165, 1.54) is 31.4 Å². The summed E-state index contributed by atoms with van der Waals surface area (Å²) >= 11 is 15.8. The van der Waals surface area contributed by atoms with Crippen LogP contribution in [0.5, 0.6) is 5.75 Å². The van der Waals surface area contributed by atoms with E-state index < -0.39 is 10.0 Å². The first-order chi connectivity index (χ1) is 17.2. The van der Waals surface area contributed by atoms with Crippen molar-refractivity contribution in [3.63, 3.8) is 0 Å². The van der Waals surface area contributed by atoms with Crippen molar-refractivity contribution in [2.75, 3.05) is 18.4 Å². The van der Waals surface area contributed by atoms with Gasteiger partial charge in [-0.1, -0.05) is 57.3 Å². The number of carbonyl (C=O) groups is 1. The molecule has 3 aromatic rings. The summed E-state index contributed by atoms with van der Waals surface area (Å²) in [6.07, 6.45) is 3.52. The molecule has 1 aliphatic heterocycles. The molecule has 0 aliphatic carbocycles. The zero-order valence-electron chi connectivity index (χ0n) is 19.5. The number of halogens is 3. The van der Waals surface area contributed by atoms with Gasteiger partial charge in [-0.2, -0.15) is 0 Å².